The van der Waals surface area contributed by atoms with Crippen LogP contribution in [0.5, 0.6) is 0 Å². The molecule has 1 aromatic carbocycles. The second-order valence-electron chi connectivity index (χ2n) is 5.59. The Bertz CT molecular complexity index is 1070. The van der Waals surface area contributed by atoms with Crippen molar-refractivity contribution in [2.45, 2.75) is 6.92 Å². The van der Waals surface area contributed by atoms with E-state index in [1.54, 1.807) is 37.4 Å². The maximum Gasteiger partial charge on any atom is 0.276 e. The molecular weight excluding hydrogens is 332 g/mol. The van der Waals surface area contributed by atoms with Crippen molar-refractivity contribution in [1.29, 1.82) is 0 Å². The number of hydrogen-bond acceptors (Lipinski definition) is 7. The molecule has 0 spiro atoms. The summed E-state index contributed by atoms with van der Waals surface area (Å²) in [5.74, 6) is 1.30. The third-order valence-corrected chi connectivity index (χ3v) is 3.66. The summed E-state index contributed by atoms with van der Waals surface area (Å²) >= 11 is 0. The molecule has 0 aliphatic heterocycles. The SMILES string of the molecule is Cc1cc(Nc2ccc(C(=O)Nc3cccc4cccnc34)nn2)no1. The molecule has 0 aliphatic carbocycles. The molecule has 0 fully saturated rings. The highest BCUT2D eigenvalue weighted by molar-refractivity contribution is 6.07. The van der Waals surface area contributed by atoms with Crippen LogP contribution in [0, 0.1) is 6.92 Å². The number of hydrogen-bond donors (Lipinski definition) is 2. The second kappa shape index (κ2) is 6.60. The molecule has 0 aliphatic rings. The molecule has 3 heterocycles. The van der Waals surface area contributed by atoms with Crippen molar-refractivity contribution >= 4 is 34.1 Å². The van der Waals surface area contributed by atoms with Crippen molar-refractivity contribution < 1.29 is 9.32 Å². The van der Waals surface area contributed by atoms with Crippen LogP contribution in [0.1, 0.15) is 16.2 Å². The van der Waals surface area contributed by atoms with Crippen LogP contribution in [-0.2, 0) is 0 Å². The molecule has 1 amide bonds. The summed E-state index contributed by atoms with van der Waals surface area (Å²) in [6.07, 6.45) is 1.68. The number of nitrogens with zero attached hydrogens (tertiary/aromatic N) is 4. The maximum absolute atomic E-state index is 12.4. The zero-order valence-corrected chi connectivity index (χ0v) is 13.8. The van der Waals surface area contributed by atoms with Gasteiger partial charge >= 0.3 is 0 Å². The molecular formula is C18H14N6O2. The van der Waals surface area contributed by atoms with Gasteiger partial charge in [0.2, 0.25) is 0 Å². The first-order valence-electron chi connectivity index (χ1n) is 7.88. The summed E-state index contributed by atoms with van der Waals surface area (Å²) in [6.45, 7) is 1.79. The van der Waals surface area contributed by atoms with Gasteiger partial charge < -0.3 is 15.2 Å². The molecule has 0 saturated carbocycles. The van der Waals surface area contributed by atoms with Crippen LogP contribution < -0.4 is 10.6 Å². The Morgan fingerprint density at radius 1 is 1.04 bits per heavy atom. The normalized spacial score (nSPS) is 10.7. The minimum atomic E-state index is -0.362. The number of nitrogens with one attached hydrogen (secondary N) is 2. The number of anilines is 3. The van der Waals surface area contributed by atoms with Crippen molar-refractivity contribution in [1.82, 2.24) is 20.3 Å². The first kappa shape index (κ1) is 15.7. The van der Waals surface area contributed by atoms with Gasteiger partial charge in [-0.15, -0.1) is 10.2 Å². The first-order valence-corrected chi connectivity index (χ1v) is 7.88. The topological polar surface area (TPSA) is 106 Å². The zero-order valence-electron chi connectivity index (χ0n) is 13.8. The van der Waals surface area contributed by atoms with E-state index in [9.17, 15) is 4.79 Å². The van der Waals surface area contributed by atoms with Gasteiger partial charge in [-0.3, -0.25) is 9.78 Å². The predicted octanol–water partition coefficient (Wildman–Crippen LogP) is 3.32. The number of aromatic nitrogens is 4. The summed E-state index contributed by atoms with van der Waals surface area (Å²) in [7, 11) is 0. The number of carbonyl (C=O) groups excluding carboxylic acids is 1. The number of benzene rings is 1. The van der Waals surface area contributed by atoms with Gasteiger partial charge in [0.05, 0.1) is 11.2 Å². The van der Waals surface area contributed by atoms with Crippen LogP contribution in [0.4, 0.5) is 17.3 Å². The summed E-state index contributed by atoms with van der Waals surface area (Å²) in [5, 5.41) is 18.5. The van der Waals surface area contributed by atoms with Crippen LogP contribution in [0.25, 0.3) is 10.9 Å². The summed E-state index contributed by atoms with van der Waals surface area (Å²) in [4.78, 5) is 16.8. The highest BCUT2D eigenvalue weighted by atomic mass is 16.5. The largest absolute Gasteiger partial charge is 0.360 e. The molecule has 26 heavy (non-hydrogen) atoms. The van der Waals surface area contributed by atoms with E-state index < -0.39 is 0 Å². The van der Waals surface area contributed by atoms with E-state index in [0.29, 0.717) is 23.1 Å². The van der Waals surface area contributed by atoms with Gasteiger partial charge in [-0.2, -0.15) is 0 Å². The molecule has 0 bridgehead atoms. The molecule has 4 rings (SSSR count). The van der Waals surface area contributed by atoms with Crippen molar-refractivity contribution in [2.75, 3.05) is 10.6 Å². The van der Waals surface area contributed by atoms with E-state index in [2.05, 4.69) is 31.0 Å². The van der Waals surface area contributed by atoms with E-state index in [0.717, 1.165) is 10.9 Å². The molecule has 128 valence electrons. The standard InChI is InChI=1S/C18H14N6O2/c1-11-10-16(24-26-11)21-15-8-7-14(22-23-15)18(25)20-13-6-2-4-12-5-3-9-19-17(12)13/h2-10H,1H3,(H,20,25)(H,21,23,24). The van der Waals surface area contributed by atoms with Gasteiger partial charge in [-0.05, 0) is 31.2 Å². The molecule has 3 aromatic heterocycles. The number of pyridine rings is 1. The number of rotatable bonds is 4. The van der Waals surface area contributed by atoms with Gasteiger partial charge in [-0.1, -0.05) is 23.4 Å². The molecule has 0 saturated heterocycles. The Morgan fingerprint density at radius 2 is 1.92 bits per heavy atom. The van der Waals surface area contributed by atoms with Crippen LogP contribution >= 0.6 is 0 Å². The van der Waals surface area contributed by atoms with E-state index in [1.807, 2.05) is 24.3 Å². The number of para-hydroxylation sites is 1. The Balaban J connectivity index is 1.51. The smallest absolute Gasteiger partial charge is 0.276 e. The summed E-state index contributed by atoms with van der Waals surface area (Å²) in [5.41, 5.74) is 1.53. The summed E-state index contributed by atoms with van der Waals surface area (Å²) < 4.78 is 4.97. The lowest BCUT2D eigenvalue weighted by atomic mass is 10.2. The lowest BCUT2D eigenvalue weighted by Gasteiger charge is -2.07. The second-order valence-corrected chi connectivity index (χ2v) is 5.59. The molecule has 0 radical (unpaired) electrons. The van der Waals surface area contributed by atoms with Crippen LogP contribution in [0.2, 0.25) is 0 Å². The van der Waals surface area contributed by atoms with Crippen LogP contribution in [0.15, 0.2) is 59.3 Å². The van der Waals surface area contributed by atoms with Crippen molar-refractivity contribution in [3.63, 3.8) is 0 Å². The van der Waals surface area contributed by atoms with Gasteiger partial charge in [-0.25, -0.2) is 0 Å². The van der Waals surface area contributed by atoms with Gasteiger partial charge in [0.1, 0.15) is 5.76 Å². The summed E-state index contributed by atoms with van der Waals surface area (Å²) in [6, 6.07) is 14.3. The zero-order chi connectivity index (χ0) is 17.9. The highest BCUT2D eigenvalue weighted by Gasteiger charge is 2.11. The lowest BCUT2D eigenvalue weighted by molar-refractivity contribution is 0.102. The number of aryl methyl sites for hydroxylation is 1. The molecule has 0 unspecified atom stereocenters. The van der Waals surface area contributed by atoms with Crippen molar-refractivity contribution in [2.24, 2.45) is 0 Å². The Morgan fingerprint density at radius 3 is 2.69 bits per heavy atom. The lowest BCUT2D eigenvalue weighted by Crippen LogP contribution is -2.15. The Hall–Kier alpha value is -3.81. The van der Waals surface area contributed by atoms with Crippen LogP contribution in [-0.4, -0.2) is 26.2 Å². The maximum atomic E-state index is 12.4. The fourth-order valence-electron chi connectivity index (χ4n) is 2.47. The monoisotopic (exact) mass is 346 g/mol. The number of amides is 1. The predicted molar refractivity (Wildman–Crippen MR) is 96.3 cm³/mol. The average molecular weight is 346 g/mol. The van der Waals surface area contributed by atoms with Gasteiger partial charge in [0.25, 0.3) is 5.91 Å². The Kier molecular flexibility index (Phi) is 3.98. The fraction of sp³-hybridized carbons (Fsp3) is 0.0556. The van der Waals surface area contributed by atoms with E-state index >= 15 is 0 Å². The minimum Gasteiger partial charge on any atom is -0.360 e. The number of fused-ring (bicyclic) bond motifs is 1. The number of carbonyl (C=O) groups is 1. The van der Waals surface area contributed by atoms with Crippen LogP contribution in [0.3, 0.4) is 0 Å². The first-order chi connectivity index (χ1) is 12.7. The van der Waals surface area contributed by atoms with E-state index in [4.69, 9.17) is 4.52 Å². The highest BCUT2D eigenvalue weighted by Crippen LogP contribution is 2.21. The third-order valence-electron chi connectivity index (χ3n) is 3.66. The quantitative estimate of drug-likeness (QED) is 0.584. The van der Waals surface area contributed by atoms with Gasteiger partial charge in [0.15, 0.2) is 17.3 Å². The third kappa shape index (κ3) is 3.20. The average Bonchev–Trinajstić information content (AvgIpc) is 3.07. The molecule has 8 heteroatoms. The van der Waals surface area contributed by atoms with E-state index in [1.165, 1.54) is 0 Å². The molecule has 4 aromatic rings. The van der Waals surface area contributed by atoms with Crippen molar-refractivity contribution in [3.8, 4) is 0 Å². The Labute approximate surface area is 148 Å². The van der Waals surface area contributed by atoms with Gasteiger partial charge in [0, 0.05) is 17.6 Å². The fourth-order valence-corrected chi connectivity index (χ4v) is 2.47. The molecule has 8 nitrogen and oxygen atoms in total. The minimum absolute atomic E-state index is 0.194. The van der Waals surface area contributed by atoms with E-state index in [-0.39, 0.29) is 11.6 Å². The van der Waals surface area contributed by atoms with Crippen molar-refractivity contribution in [3.05, 3.63) is 66.2 Å². The molecule has 2 N–H and O–H groups in total. The molecule has 0 atom stereocenters.